The summed E-state index contributed by atoms with van der Waals surface area (Å²) in [6, 6.07) is 9.75. The molecule has 0 heterocycles. The maximum absolute atomic E-state index is 11.5. The van der Waals surface area contributed by atoms with Crippen molar-refractivity contribution in [1.29, 1.82) is 0 Å². The SMILES string of the molecule is COCCCNC(=O)N[C@@H](C)c1ccccc1. The van der Waals surface area contributed by atoms with E-state index in [1.54, 1.807) is 7.11 Å². The van der Waals surface area contributed by atoms with E-state index in [1.807, 2.05) is 37.3 Å². The lowest BCUT2D eigenvalue weighted by Gasteiger charge is -2.14. The number of carbonyl (C=O) groups is 1. The summed E-state index contributed by atoms with van der Waals surface area (Å²) in [6.45, 7) is 3.25. The number of methoxy groups -OCH3 is 1. The summed E-state index contributed by atoms with van der Waals surface area (Å²) in [5, 5.41) is 5.67. The van der Waals surface area contributed by atoms with Crippen LogP contribution in [0.2, 0.25) is 0 Å². The fourth-order valence-corrected chi connectivity index (χ4v) is 1.49. The average molecular weight is 236 g/mol. The molecule has 1 rings (SSSR count). The van der Waals surface area contributed by atoms with Gasteiger partial charge in [0, 0.05) is 20.3 Å². The quantitative estimate of drug-likeness (QED) is 0.743. The van der Waals surface area contributed by atoms with Gasteiger partial charge in [-0.1, -0.05) is 30.3 Å². The first kappa shape index (κ1) is 13.5. The molecular weight excluding hydrogens is 216 g/mol. The van der Waals surface area contributed by atoms with Gasteiger partial charge in [0.1, 0.15) is 0 Å². The Balaban J connectivity index is 2.26. The summed E-state index contributed by atoms with van der Waals surface area (Å²) >= 11 is 0. The van der Waals surface area contributed by atoms with Crippen LogP contribution in [0.4, 0.5) is 4.79 Å². The van der Waals surface area contributed by atoms with Gasteiger partial charge in [0.25, 0.3) is 0 Å². The van der Waals surface area contributed by atoms with Gasteiger partial charge in [0.2, 0.25) is 0 Å². The topological polar surface area (TPSA) is 50.4 Å². The fourth-order valence-electron chi connectivity index (χ4n) is 1.49. The molecule has 0 aliphatic heterocycles. The normalized spacial score (nSPS) is 11.9. The van der Waals surface area contributed by atoms with Crippen molar-refractivity contribution in [3.8, 4) is 0 Å². The van der Waals surface area contributed by atoms with E-state index in [1.165, 1.54) is 0 Å². The van der Waals surface area contributed by atoms with Gasteiger partial charge in [-0.3, -0.25) is 0 Å². The molecule has 1 atom stereocenters. The molecule has 0 aliphatic rings. The van der Waals surface area contributed by atoms with Gasteiger partial charge < -0.3 is 15.4 Å². The molecule has 4 heteroatoms. The average Bonchev–Trinajstić information content (AvgIpc) is 2.36. The van der Waals surface area contributed by atoms with Gasteiger partial charge in [0.05, 0.1) is 6.04 Å². The highest BCUT2D eigenvalue weighted by atomic mass is 16.5. The van der Waals surface area contributed by atoms with Crippen LogP contribution in [0.5, 0.6) is 0 Å². The maximum atomic E-state index is 11.5. The van der Waals surface area contributed by atoms with E-state index in [4.69, 9.17) is 4.74 Å². The second kappa shape index (κ2) is 7.68. The van der Waals surface area contributed by atoms with Crippen LogP contribution < -0.4 is 10.6 Å². The lowest BCUT2D eigenvalue weighted by Crippen LogP contribution is -2.37. The molecule has 94 valence electrons. The molecule has 0 aliphatic carbocycles. The highest BCUT2D eigenvalue weighted by molar-refractivity contribution is 5.74. The van der Waals surface area contributed by atoms with Crippen molar-refractivity contribution in [2.24, 2.45) is 0 Å². The van der Waals surface area contributed by atoms with E-state index in [-0.39, 0.29) is 12.1 Å². The number of urea groups is 1. The number of ether oxygens (including phenoxy) is 1. The molecule has 0 saturated carbocycles. The van der Waals surface area contributed by atoms with E-state index >= 15 is 0 Å². The highest BCUT2D eigenvalue weighted by Crippen LogP contribution is 2.10. The molecule has 4 nitrogen and oxygen atoms in total. The lowest BCUT2D eigenvalue weighted by molar-refractivity contribution is 0.193. The van der Waals surface area contributed by atoms with E-state index in [0.29, 0.717) is 13.2 Å². The van der Waals surface area contributed by atoms with Gasteiger partial charge in [-0.25, -0.2) is 4.79 Å². The Morgan fingerprint density at radius 3 is 2.71 bits per heavy atom. The second-order valence-electron chi connectivity index (χ2n) is 3.88. The Morgan fingerprint density at radius 2 is 2.06 bits per heavy atom. The summed E-state index contributed by atoms with van der Waals surface area (Å²) < 4.78 is 4.90. The van der Waals surface area contributed by atoms with Crippen molar-refractivity contribution in [2.45, 2.75) is 19.4 Å². The van der Waals surface area contributed by atoms with Crippen molar-refractivity contribution in [2.75, 3.05) is 20.3 Å². The molecule has 2 N–H and O–H groups in total. The Kier molecular flexibility index (Phi) is 6.10. The Bertz CT molecular complexity index is 327. The summed E-state index contributed by atoms with van der Waals surface area (Å²) in [7, 11) is 1.65. The van der Waals surface area contributed by atoms with Crippen LogP contribution in [0.3, 0.4) is 0 Å². The Morgan fingerprint density at radius 1 is 1.35 bits per heavy atom. The van der Waals surface area contributed by atoms with Crippen LogP contribution in [0, 0.1) is 0 Å². The highest BCUT2D eigenvalue weighted by Gasteiger charge is 2.07. The van der Waals surface area contributed by atoms with Crippen molar-refractivity contribution >= 4 is 6.03 Å². The first-order valence-electron chi connectivity index (χ1n) is 5.82. The van der Waals surface area contributed by atoms with Crippen molar-refractivity contribution in [3.63, 3.8) is 0 Å². The minimum atomic E-state index is -0.141. The molecule has 0 saturated heterocycles. The summed E-state index contributed by atoms with van der Waals surface area (Å²) in [6.07, 6.45) is 0.823. The number of hydrogen-bond donors (Lipinski definition) is 2. The number of nitrogens with one attached hydrogen (secondary N) is 2. The molecule has 0 aromatic heterocycles. The molecule has 17 heavy (non-hydrogen) atoms. The van der Waals surface area contributed by atoms with E-state index in [0.717, 1.165) is 12.0 Å². The van der Waals surface area contributed by atoms with Crippen LogP contribution in [-0.2, 0) is 4.74 Å². The molecule has 0 radical (unpaired) electrons. The van der Waals surface area contributed by atoms with Gasteiger partial charge in [0.15, 0.2) is 0 Å². The Labute approximate surface area is 102 Å². The van der Waals surface area contributed by atoms with Crippen LogP contribution in [-0.4, -0.2) is 26.3 Å². The van der Waals surface area contributed by atoms with Crippen molar-refractivity contribution in [3.05, 3.63) is 35.9 Å². The number of hydrogen-bond acceptors (Lipinski definition) is 2. The second-order valence-corrected chi connectivity index (χ2v) is 3.88. The van der Waals surface area contributed by atoms with Crippen molar-refractivity contribution in [1.82, 2.24) is 10.6 Å². The Hall–Kier alpha value is -1.55. The largest absolute Gasteiger partial charge is 0.385 e. The van der Waals surface area contributed by atoms with E-state index in [2.05, 4.69) is 10.6 Å². The van der Waals surface area contributed by atoms with E-state index < -0.39 is 0 Å². The number of amides is 2. The van der Waals surface area contributed by atoms with Crippen LogP contribution in [0.1, 0.15) is 24.9 Å². The van der Waals surface area contributed by atoms with Gasteiger partial charge in [-0.2, -0.15) is 0 Å². The lowest BCUT2D eigenvalue weighted by atomic mass is 10.1. The van der Waals surface area contributed by atoms with E-state index in [9.17, 15) is 4.79 Å². The van der Waals surface area contributed by atoms with Gasteiger partial charge in [-0.05, 0) is 18.9 Å². The third kappa shape index (κ3) is 5.36. The minimum Gasteiger partial charge on any atom is -0.385 e. The van der Waals surface area contributed by atoms with Gasteiger partial charge >= 0.3 is 6.03 Å². The minimum absolute atomic E-state index is 0.0126. The first-order chi connectivity index (χ1) is 8.24. The smallest absolute Gasteiger partial charge is 0.315 e. The van der Waals surface area contributed by atoms with Gasteiger partial charge in [-0.15, -0.1) is 0 Å². The molecule has 0 spiro atoms. The number of carbonyl (C=O) groups excluding carboxylic acids is 1. The fraction of sp³-hybridized carbons (Fsp3) is 0.462. The zero-order valence-corrected chi connectivity index (χ0v) is 10.4. The summed E-state index contributed by atoms with van der Waals surface area (Å²) in [5.74, 6) is 0. The van der Waals surface area contributed by atoms with Crippen LogP contribution in [0.15, 0.2) is 30.3 Å². The predicted octanol–water partition coefficient (Wildman–Crippen LogP) is 2.08. The van der Waals surface area contributed by atoms with Crippen LogP contribution >= 0.6 is 0 Å². The van der Waals surface area contributed by atoms with Crippen molar-refractivity contribution < 1.29 is 9.53 Å². The molecule has 1 aromatic rings. The van der Waals surface area contributed by atoms with Crippen LogP contribution in [0.25, 0.3) is 0 Å². The zero-order valence-electron chi connectivity index (χ0n) is 10.4. The molecule has 0 unspecified atom stereocenters. The standard InChI is InChI=1S/C13H20N2O2/c1-11(12-7-4-3-5-8-12)15-13(16)14-9-6-10-17-2/h3-5,7-8,11H,6,9-10H2,1-2H3,(H2,14,15,16)/t11-/m0/s1. The molecule has 2 amide bonds. The summed E-state index contributed by atoms with van der Waals surface area (Å²) in [4.78, 5) is 11.5. The first-order valence-corrected chi connectivity index (χ1v) is 5.82. The molecule has 1 aromatic carbocycles. The zero-order chi connectivity index (χ0) is 12.5. The molecule has 0 fully saturated rings. The number of rotatable bonds is 6. The molecular formula is C13H20N2O2. The third-order valence-electron chi connectivity index (χ3n) is 2.46. The summed E-state index contributed by atoms with van der Waals surface area (Å²) in [5.41, 5.74) is 1.10. The predicted molar refractivity (Wildman–Crippen MR) is 67.9 cm³/mol. The maximum Gasteiger partial charge on any atom is 0.315 e. The molecule has 0 bridgehead atoms. The number of benzene rings is 1. The third-order valence-corrected chi connectivity index (χ3v) is 2.46. The monoisotopic (exact) mass is 236 g/mol.